The highest BCUT2D eigenvalue weighted by Crippen LogP contribution is 2.28. The number of rotatable bonds is 10. The SMILES string of the molecule is Cc1ccc(C)c(N(CC(=O)Nc2ccccc2C(=O)NCCc2ccccc2)S(=O)(=O)c2ccccc2)c1. The van der Waals surface area contributed by atoms with Gasteiger partial charge in [0.15, 0.2) is 0 Å². The van der Waals surface area contributed by atoms with Crippen LogP contribution in [0.15, 0.2) is 108 Å². The normalized spacial score (nSPS) is 11.0. The van der Waals surface area contributed by atoms with Gasteiger partial charge in [-0.25, -0.2) is 8.42 Å². The van der Waals surface area contributed by atoms with E-state index in [1.165, 1.54) is 12.1 Å². The Morgan fingerprint density at radius 2 is 1.44 bits per heavy atom. The second kappa shape index (κ2) is 12.4. The maximum Gasteiger partial charge on any atom is 0.264 e. The average molecular weight is 542 g/mol. The fourth-order valence-electron chi connectivity index (χ4n) is 4.18. The number of anilines is 2. The Balaban J connectivity index is 1.54. The predicted molar refractivity (Wildman–Crippen MR) is 154 cm³/mol. The van der Waals surface area contributed by atoms with E-state index in [-0.39, 0.29) is 10.8 Å². The van der Waals surface area contributed by atoms with Gasteiger partial charge in [0.1, 0.15) is 6.54 Å². The van der Waals surface area contributed by atoms with Gasteiger partial charge in [0.05, 0.1) is 21.8 Å². The molecule has 0 bridgehead atoms. The van der Waals surface area contributed by atoms with Crippen molar-refractivity contribution in [1.82, 2.24) is 5.32 Å². The zero-order chi connectivity index (χ0) is 27.8. The van der Waals surface area contributed by atoms with Crippen LogP contribution in [-0.2, 0) is 21.2 Å². The van der Waals surface area contributed by atoms with Gasteiger partial charge in [0.2, 0.25) is 5.91 Å². The minimum absolute atomic E-state index is 0.0805. The van der Waals surface area contributed by atoms with E-state index < -0.39 is 22.5 Å². The molecule has 0 aromatic heterocycles. The van der Waals surface area contributed by atoms with Crippen LogP contribution in [-0.4, -0.2) is 33.3 Å². The Hall–Kier alpha value is -4.43. The molecule has 0 atom stereocenters. The highest BCUT2D eigenvalue weighted by atomic mass is 32.2. The Bertz CT molecular complexity index is 1560. The first-order valence-electron chi connectivity index (χ1n) is 12.6. The summed E-state index contributed by atoms with van der Waals surface area (Å²) in [4.78, 5) is 26.3. The molecular weight excluding hydrogens is 510 g/mol. The number of nitrogens with one attached hydrogen (secondary N) is 2. The fraction of sp³-hybridized carbons (Fsp3) is 0.161. The van der Waals surface area contributed by atoms with Crippen LogP contribution in [0.2, 0.25) is 0 Å². The Morgan fingerprint density at radius 3 is 2.15 bits per heavy atom. The Morgan fingerprint density at radius 1 is 0.795 bits per heavy atom. The molecule has 2 amide bonds. The van der Waals surface area contributed by atoms with E-state index in [4.69, 9.17) is 0 Å². The summed E-state index contributed by atoms with van der Waals surface area (Å²) in [6.07, 6.45) is 0.670. The lowest BCUT2D eigenvalue weighted by molar-refractivity contribution is -0.114. The summed E-state index contributed by atoms with van der Waals surface area (Å²) >= 11 is 0. The number of amides is 2. The van der Waals surface area contributed by atoms with Gasteiger partial charge in [-0.3, -0.25) is 13.9 Å². The minimum Gasteiger partial charge on any atom is -0.352 e. The molecule has 0 saturated heterocycles. The third-order valence-electron chi connectivity index (χ3n) is 6.24. The van der Waals surface area contributed by atoms with Gasteiger partial charge in [0, 0.05) is 6.54 Å². The van der Waals surface area contributed by atoms with Crippen molar-refractivity contribution in [1.29, 1.82) is 0 Å². The molecule has 7 nitrogen and oxygen atoms in total. The molecule has 0 unspecified atom stereocenters. The lowest BCUT2D eigenvalue weighted by Gasteiger charge is -2.26. The molecule has 0 fully saturated rings. The lowest BCUT2D eigenvalue weighted by Crippen LogP contribution is -2.39. The Kier molecular flexibility index (Phi) is 8.78. The average Bonchev–Trinajstić information content (AvgIpc) is 2.94. The van der Waals surface area contributed by atoms with E-state index in [0.29, 0.717) is 35.5 Å². The van der Waals surface area contributed by atoms with Crippen molar-refractivity contribution < 1.29 is 18.0 Å². The minimum atomic E-state index is -4.05. The topological polar surface area (TPSA) is 95.6 Å². The summed E-state index contributed by atoms with van der Waals surface area (Å²) in [6, 6.07) is 29.9. The second-order valence-electron chi connectivity index (χ2n) is 9.20. The van der Waals surface area contributed by atoms with E-state index in [1.807, 2.05) is 49.4 Å². The molecule has 4 aromatic carbocycles. The number of para-hydroxylation sites is 1. The van der Waals surface area contributed by atoms with Crippen molar-refractivity contribution in [3.63, 3.8) is 0 Å². The van der Waals surface area contributed by atoms with Gasteiger partial charge in [-0.15, -0.1) is 0 Å². The first-order chi connectivity index (χ1) is 18.8. The van der Waals surface area contributed by atoms with Crippen LogP contribution in [0.5, 0.6) is 0 Å². The van der Waals surface area contributed by atoms with Crippen LogP contribution in [0.3, 0.4) is 0 Å². The molecule has 0 spiro atoms. The molecule has 0 saturated carbocycles. The molecule has 0 heterocycles. The number of nitrogens with zero attached hydrogens (tertiary/aromatic N) is 1. The zero-order valence-corrected chi connectivity index (χ0v) is 22.7. The van der Waals surface area contributed by atoms with Crippen molar-refractivity contribution in [3.05, 3.63) is 125 Å². The van der Waals surface area contributed by atoms with Gasteiger partial charge < -0.3 is 10.6 Å². The van der Waals surface area contributed by atoms with Crippen LogP contribution in [0, 0.1) is 13.8 Å². The monoisotopic (exact) mass is 541 g/mol. The molecule has 0 aliphatic carbocycles. The first-order valence-corrected chi connectivity index (χ1v) is 14.1. The maximum absolute atomic E-state index is 13.7. The highest BCUT2D eigenvalue weighted by Gasteiger charge is 2.28. The molecule has 4 aromatic rings. The molecule has 200 valence electrons. The van der Waals surface area contributed by atoms with E-state index in [9.17, 15) is 18.0 Å². The fourth-order valence-corrected chi connectivity index (χ4v) is 5.68. The summed E-state index contributed by atoms with van der Waals surface area (Å²) in [7, 11) is -4.05. The smallest absolute Gasteiger partial charge is 0.264 e. The summed E-state index contributed by atoms with van der Waals surface area (Å²) in [5, 5.41) is 5.64. The van der Waals surface area contributed by atoms with Crippen molar-refractivity contribution >= 4 is 33.2 Å². The van der Waals surface area contributed by atoms with Crippen molar-refractivity contribution in [3.8, 4) is 0 Å². The lowest BCUT2D eigenvalue weighted by atomic mass is 10.1. The van der Waals surface area contributed by atoms with E-state index in [0.717, 1.165) is 15.4 Å². The van der Waals surface area contributed by atoms with Gasteiger partial charge >= 0.3 is 0 Å². The molecular formula is C31H31N3O4S. The maximum atomic E-state index is 13.7. The molecule has 8 heteroatoms. The summed E-state index contributed by atoms with van der Waals surface area (Å²) < 4.78 is 28.5. The quantitative estimate of drug-likeness (QED) is 0.292. The summed E-state index contributed by atoms with van der Waals surface area (Å²) in [5.74, 6) is -0.898. The van der Waals surface area contributed by atoms with Crippen LogP contribution >= 0.6 is 0 Å². The van der Waals surface area contributed by atoms with Crippen LogP contribution in [0.25, 0.3) is 0 Å². The number of aryl methyl sites for hydroxylation is 2. The van der Waals surface area contributed by atoms with Crippen LogP contribution in [0.4, 0.5) is 11.4 Å². The van der Waals surface area contributed by atoms with Crippen molar-refractivity contribution in [2.24, 2.45) is 0 Å². The third-order valence-corrected chi connectivity index (χ3v) is 8.01. The summed E-state index contributed by atoms with van der Waals surface area (Å²) in [6.45, 7) is 3.63. The second-order valence-corrected chi connectivity index (χ2v) is 11.1. The highest BCUT2D eigenvalue weighted by molar-refractivity contribution is 7.92. The van der Waals surface area contributed by atoms with Crippen LogP contribution in [0.1, 0.15) is 27.0 Å². The van der Waals surface area contributed by atoms with Gasteiger partial charge in [-0.05, 0) is 67.3 Å². The Labute approximate surface area is 229 Å². The summed E-state index contributed by atoms with van der Waals surface area (Å²) in [5.41, 5.74) is 3.69. The molecule has 0 radical (unpaired) electrons. The first kappa shape index (κ1) is 27.6. The van der Waals surface area contributed by atoms with Crippen molar-refractivity contribution in [2.45, 2.75) is 25.2 Å². The number of carbonyl (C=O) groups is 2. The third kappa shape index (κ3) is 6.91. The van der Waals surface area contributed by atoms with Gasteiger partial charge in [-0.1, -0.05) is 72.8 Å². The van der Waals surface area contributed by atoms with E-state index >= 15 is 0 Å². The van der Waals surface area contributed by atoms with Gasteiger partial charge in [-0.2, -0.15) is 0 Å². The predicted octanol–water partition coefficient (Wildman–Crippen LogP) is 5.11. The molecule has 0 aliphatic heterocycles. The number of sulfonamides is 1. The molecule has 2 N–H and O–H groups in total. The number of benzene rings is 4. The molecule has 4 rings (SSSR count). The largest absolute Gasteiger partial charge is 0.352 e. The number of hydrogen-bond acceptors (Lipinski definition) is 4. The zero-order valence-electron chi connectivity index (χ0n) is 21.9. The number of hydrogen-bond donors (Lipinski definition) is 2. The standard InChI is InChI=1S/C31H31N3O4S/c1-23-17-18-24(2)29(21-23)34(39(37,38)26-13-7-4-8-14-26)22-30(35)33-28-16-10-9-15-27(28)31(36)32-20-19-25-11-5-3-6-12-25/h3-18,21H,19-20,22H2,1-2H3,(H,32,36)(H,33,35). The number of carbonyl (C=O) groups excluding carboxylic acids is 2. The van der Waals surface area contributed by atoms with Gasteiger partial charge in [0.25, 0.3) is 15.9 Å². The van der Waals surface area contributed by atoms with E-state index in [1.54, 1.807) is 55.5 Å². The molecule has 39 heavy (non-hydrogen) atoms. The molecule has 0 aliphatic rings. The van der Waals surface area contributed by atoms with Crippen LogP contribution < -0.4 is 14.9 Å². The van der Waals surface area contributed by atoms with E-state index in [2.05, 4.69) is 10.6 Å². The van der Waals surface area contributed by atoms with Crippen molar-refractivity contribution in [2.75, 3.05) is 22.7 Å².